The van der Waals surface area contributed by atoms with E-state index in [9.17, 15) is 13.2 Å². The summed E-state index contributed by atoms with van der Waals surface area (Å²) in [7, 11) is 0. The van der Waals surface area contributed by atoms with E-state index < -0.39 is 11.9 Å². The summed E-state index contributed by atoms with van der Waals surface area (Å²) in [4.78, 5) is 0. The van der Waals surface area contributed by atoms with E-state index in [4.69, 9.17) is 11.6 Å². The molecule has 0 aromatic heterocycles. The van der Waals surface area contributed by atoms with Gasteiger partial charge >= 0.3 is 6.18 Å². The van der Waals surface area contributed by atoms with Crippen LogP contribution in [0.4, 0.5) is 13.2 Å². The minimum atomic E-state index is -4.57. The van der Waals surface area contributed by atoms with Gasteiger partial charge in [-0.2, -0.15) is 13.2 Å². The van der Waals surface area contributed by atoms with Crippen LogP contribution in [0.3, 0.4) is 0 Å². The highest BCUT2D eigenvalue weighted by molar-refractivity contribution is 6.69. The number of fused-ring (bicyclic) bond motifs is 1. The zero-order chi connectivity index (χ0) is 14.3. The highest BCUT2D eigenvalue weighted by Crippen LogP contribution is 2.35. The third-order valence-electron chi connectivity index (χ3n) is 3.40. The first kappa shape index (κ1) is 13.3. The zero-order valence-corrected chi connectivity index (χ0v) is 11.0. The lowest BCUT2D eigenvalue weighted by atomic mass is 10.1. The van der Waals surface area contributed by atoms with Crippen LogP contribution in [0.15, 0.2) is 40.8 Å². The van der Waals surface area contributed by atoms with Crippen molar-refractivity contribution in [1.82, 2.24) is 10.7 Å². The molecule has 3 rings (SSSR count). The maximum atomic E-state index is 12.8. The van der Waals surface area contributed by atoms with E-state index in [1.807, 2.05) is 24.3 Å². The number of halogens is 4. The molecule has 3 nitrogen and oxygen atoms in total. The maximum Gasteiger partial charge on any atom is 0.437 e. The summed E-state index contributed by atoms with van der Waals surface area (Å²) in [6, 6.07) is 7.47. The number of benzene rings is 1. The fourth-order valence-electron chi connectivity index (χ4n) is 2.50. The van der Waals surface area contributed by atoms with Gasteiger partial charge in [-0.3, -0.25) is 0 Å². The van der Waals surface area contributed by atoms with Crippen molar-refractivity contribution < 1.29 is 13.2 Å². The van der Waals surface area contributed by atoms with E-state index in [1.165, 1.54) is 0 Å². The number of hydrogen-bond donors (Lipinski definition) is 1. The first-order chi connectivity index (χ1) is 9.47. The number of nitrogens with one attached hydrogen (secondary N) is 1. The van der Waals surface area contributed by atoms with Gasteiger partial charge < -0.3 is 5.32 Å². The third-order valence-corrected chi connectivity index (χ3v) is 3.67. The van der Waals surface area contributed by atoms with Crippen molar-refractivity contribution in [3.63, 3.8) is 0 Å². The molecule has 20 heavy (non-hydrogen) atoms. The Morgan fingerprint density at radius 3 is 2.75 bits per heavy atom. The summed E-state index contributed by atoms with van der Waals surface area (Å²) >= 11 is 5.72. The molecule has 2 aliphatic rings. The molecule has 1 unspecified atom stereocenters. The molecule has 0 spiro atoms. The van der Waals surface area contributed by atoms with E-state index in [-0.39, 0.29) is 16.9 Å². The Labute approximate surface area is 118 Å². The third kappa shape index (κ3) is 2.24. The monoisotopic (exact) mass is 300 g/mol. The Morgan fingerprint density at radius 1 is 1.25 bits per heavy atom. The molecule has 1 radical (unpaired) electrons. The molecule has 1 aliphatic heterocycles. The quantitative estimate of drug-likeness (QED) is 0.895. The minimum absolute atomic E-state index is 0.198. The average molecular weight is 301 g/mol. The topological polar surface area (TPSA) is 38.5 Å². The van der Waals surface area contributed by atoms with E-state index in [0.717, 1.165) is 24.0 Å². The Kier molecular flexibility index (Phi) is 3.12. The van der Waals surface area contributed by atoms with E-state index >= 15 is 0 Å². The van der Waals surface area contributed by atoms with Crippen molar-refractivity contribution in [3.8, 4) is 0 Å². The smallest absolute Gasteiger partial charge is 0.374 e. The predicted molar refractivity (Wildman–Crippen MR) is 69.1 cm³/mol. The molecule has 1 heterocycles. The van der Waals surface area contributed by atoms with Gasteiger partial charge in [-0.05, 0) is 24.0 Å². The number of alkyl halides is 3. The molecule has 0 fully saturated rings. The highest BCUT2D eigenvalue weighted by atomic mass is 35.5. The van der Waals surface area contributed by atoms with Gasteiger partial charge in [0.25, 0.3) is 0 Å². The largest absolute Gasteiger partial charge is 0.437 e. The Morgan fingerprint density at radius 2 is 2.00 bits per heavy atom. The van der Waals surface area contributed by atoms with E-state index in [0.29, 0.717) is 0 Å². The van der Waals surface area contributed by atoms with Gasteiger partial charge in [0.05, 0.1) is 6.04 Å². The number of nitrogens with zero attached hydrogens (tertiary/aromatic N) is 2. The summed E-state index contributed by atoms with van der Waals surface area (Å²) in [5.74, 6) is 0. The van der Waals surface area contributed by atoms with E-state index in [1.54, 1.807) is 0 Å². The van der Waals surface area contributed by atoms with Crippen LogP contribution in [0.2, 0.25) is 0 Å². The second-order valence-corrected chi connectivity index (χ2v) is 5.00. The molecule has 0 saturated heterocycles. The second-order valence-electron chi connectivity index (χ2n) is 4.65. The van der Waals surface area contributed by atoms with Crippen LogP contribution in [0, 0.1) is 0 Å². The van der Waals surface area contributed by atoms with Crippen LogP contribution in [0.5, 0.6) is 0 Å². The van der Waals surface area contributed by atoms with Crippen molar-refractivity contribution in [3.05, 3.63) is 46.8 Å². The fourth-order valence-corrected chi connectivity index (χ4v) is 2.68. The Hall–Kier alpha value is -1.69. The SMILES string of the molecule is FC(F)(F)C1=C(NC2CCc3ccccc32)C(Cl)=N[N]1. The van der Waals surface area contributed by atoms with E-state index in [2.05, 4.69) is 15.8 Å². The molecule has 1 aromatic carbocycles. The lowest BCUT2D eigenvalue weighted by molar-refractivity contribution is -0.0973. The second kappa shape index (κ2) is 4.70. The van der Waals surface area contributed by atoms with Gasteiger partial charge in [0.15, 0.2) is 10.9 Å². The molecule has 1 atom stereocenters. The summed E-state index contributed by atoms with van der Waals surface area (Å²) in [5, 5.41) is 5.91. The van der Waals surface area contributed by atoms with Crippen LogP contribution < -0.4 is 10.7 Å². The molecule has 1 aliphatic carbocycles. The normalized spacial score (nSPS) is 21.6. The standard InChI is InChI=1S/C13H10ClF3N3/c14-12-10(11(19-20-12)13(15,16)17)18-9-6-5-7-3-1-2-4-8(7)9/h1-4,9,18H,5-6H2. The van der Waals surface area contributed by atoms with Gasteiger partial charge in [-0.1, -0.05) is 35.9 Å². The number of rotatable bonds is 2. The van der Waals surface area contributed by atoms with Crippen LogP contribution in [0.1, 0.15) is 23.6 Å². The van der Waals surface area contributed by atoms with Gasteiger partial charge in [-0.15, -0.1) is 10.5 Å². The van der Waals surface area contributed by atoms with Crippen LogP contribution in [0.25, 0.3) is 0 Å². The summed E-state index contributed by atoms with van der Waals surface area (Å²) < 4.78 is 38.5. The van der Waals surface area contributed by atoms with Crippen molar-refractivity contribution in [2.24, 2.45) is 5.10 Å². The zero-order valence-electron chi connectivity index (χ0n) is 10.2. The lowest BCUT2D eigenvalue weighted by Crippen LogP contribution is -2.27. The minimum Gasteiger partial charge on any atom is -0.374 e. The first-order valence-corrected chi connectivity index (χ1v) is 6.45. The lowest BCUT2D eigenvalue weighted by Gasteiger charge is -2.17. The van der Waals surface area contributed by atoms with Crippen LogP contribution >= 0.6 is 11.6 Å². The molecule has 7 heteroatoms. The highest BCUT2D eigenvalue weighted by Gasteiger charge is 2.43. The molecular formula is C13H10ClF3N3. The van der Waals surface area contributed by atoms with Crippen molar-refractivity contribution in [2.45, 2.75) is 25.1 Å². The Bertz CT molecular complexity index is 607. The maximum absolute atomic E-state index is 12.8. The van der Waals surface area contributed by atoms with Crippen molar-refractivity contribution in [1.29, 1.82) is 0 Å². The molecule has 0 bridgehead atoms. The number of allylic oxidation sites excluding steroid dienone is 2. The summed E-state index contributed by atoms with van der Waals surface area (Å²) in [6.45, 7) is 0. The van der Waals surface area contributed by atoms with Crippen LogP contribution in [-0.2, 0) is 6.42 Å². The van der Waals surface area contributed by atoms with Gasteiger partial charge in [0.1, 0.15) is 5.70 Å². The predicted octanol–water partition coefficient (Wildman–Crippen LogP) is 3.21. The average Bonchev–Trinajstić information content (AvgIpc) is 2.95. The molecule has 1 N–H and O–H groups in total. The van der Waals surface area contributed by atoms with Crippen molar-refractivity contribution in [2.75, 3.05) is 0 Å². The molecule has 0 amide bonds. The summed E-state index contributed by atoms with van der Waals surface area (Å²) in [5.41, 5.74) is 3.96. The Balaban J connectivity index is 1.90. The fraction of sp³-hybridized carbons (Fsp3) is 0.308. The van der Waals surface area contributed by atoms with Gasteiger partial charge in [0.2, 0.25) is 0 Å². The number of hydrogen-bond acceptors (Lipinski definition) is 2. The summed E-state index contributed by atoms with van der Waals surface area (Å²) in [6.07, 6.45) is -3.02. The molecule has 0 saturated carbocycles. The van der Waals surface area contributed by atoms with Gasteiger partial charge in [-0.25, -0.2) is 0 Å². The molecule has 1 aromatic rings. The molecular weight excluding hydrogens is 291 g/mol. The molecule has 105 valence electrons. The van der Waals surface area contributed by atoms with Gasteiger partial charge in [0, 0.05) is 0 Å². The number of aryl methyl sites for hydroxylation is 1. The van der Waals surface area contributed by atoms with Crippen LogP contribution in [-0.4, -0.2) is 11.3 Å². The first-order valence-electron chi connectivity index (χ1n) is 6.07. The van der Waals surface area contributed by atoms with Crippen molar-refractivity contribution >= 4 is 16.8 Å².